The van der Waals surface area contributed by atoms with Gasteiger partial charge < -0.3 is 14.6 Å². The lowest BCUT2D eigenvalue weighted by atomic mass is 9.97. The van der Waals surface area contributed by atoms with Crippen molar-refractivity contribution in [1.82, 2.24) is 14.5 Å². The number of nitrogens with zero attached hydrogens (tertiary/aromatic N) is 3. The van der Waals surface area contributed by atoms with Crippen molar-refractivity contribution in [1.29, 1.82) is 0 Å². The summed E-state index contributed by atoms with van der Waals surface area (Å²) in [4.78, 5) is 30.0. The maximum absolute atomic E-state index is 12.4. The molecule has 0 spiro atoms. The van der Waals surface area contributed by atoms with Crippen molar-refractivity contribution in [3.8, 4) is 0 Å². The van der Waals surface area contributed by atoms with E-state index in [9.17, 15) is 14.7 Å². The predicted octanol–water partition coefficient (Wildman–Crippen LogP) is 2.26. The maximum atomic E-state index is 12.4. The van der Waals surface area contributed by atoms with Gasteiger partial charge in [-0.3, -0.25) is 9.59 Å². The van der Waals surface area contributed by atoms with Crippen molar-refractivity contribution >= 4 is 11.7 Å². The molecule has 124 valence electrons. The van der Waals surface area contributed by atoms with Gasteiger partial charge in [-0.05, 0) is 18.9 Å². The number of hydrogen-bond donors (Lipinski definition) is 1. The number of benzene rings is 1. The molecule has 0 radical (unpaired) electrons. The summed E-state index contributed by atoms with van der Waals surface area (Å²) < 4.78 is 1.93. The smallest absolute Gasteiger partial charge is 0.290 e. The zero-order valence-electron chi connectivity index (χ0n) is 13.4. The van der Waals surface area contributed by atoms with E-state index in [1.54, 1.807) is 17.4 Å². The van der Waals surface area contributed by atoms with E-state index in [-0.39, 0.29) is 11.4 Å². The summed E-state index contributed by atoms with van der Waals surface area (Å²) in [5.41, 5.74) is 0.997. The number of carbonyl (C=O) groups excluding carboxylic acids is 2. The molecule has 0 saturated heterocycles. The summed E-state index contributed by atoms with van der Waals surface area (Å²) in [6.45, 7) is 2.53. The maximum Gasteiger partial charge on any atom is 0.290 e. The second kappa shape index (κ2) is 6.70. The fourth-order valence-electron chi connectivity index (χ4n) is 3.07. The van der Waals surface area contributed by atoms with Gasteiger partial charge in [0.1, 0.15) is 0 Å². The number of carbonyl (C=O) groups is 2. The van der Waals surface area contributed by atoms with Crippen molar-refractivity contribution in [2.24, 2.45) is 0 Å². The lowest BCUT2D eigenvalue weighted by Gasteiger charge is -2.26. The van der Waals surface area contributed by atoms with Gasteiger partial charge in [0.2, 0.25) is 0 Å². The number of aryl methyl sites for hydroxylation is 1. The van der Waals surface area contributed by atoms with E-state index in [1.165, 1.54) is 6.92 Å². The van der Waals surface area contributed by atoms with Crippen LogP contribution in [0.15, 0.2) is 60.4 Å². The normalized spacial score (nSPS) is 17.6. The zero-order chi connectivity index (χ0) is 17.1. The highest BCUT2D eigenvalue weighted by molar-refractivity contribution is 6.08. The van der Waals surface area contributed by atoms with Crippen LogP contribution in [0.2, 0.25) is 0 Å². The minimum absolute atomic E-state index is 0.175. The summed E-state index contributed by atoms with van der Waals surface area (Å²) in [5, 5.41) is 10.2. The third kappa shape index (κ3) is 2.95. The quantitative estimate of drug-likeness (QED) is 0.884. The van der Waals surface area contributed by atoms with Crippen LogP contribution in [0.1, 0.15) is 24.9 Å². The molecule has 0 aliphatic carbocycles. The van der Waals surface area contributed by atoms with Crippen molar-refractivity contribution in [2.45, 2.75) is 25.9 Å². The van der Waals surface area contributed by atoms with E-state index in [1.807, 2.05) is 41.1 Å². The van der Waals surface area contributed by atoms with E-state index < -0.39 is 17.7 Å². The van der Waals surface area contributed by atoms with Crippen LogP contribution >= 0.6 is 0 Å². The topological polar surface area (TPSA) is 75.4 Å². The van der Waals surface area contributed by atoms with E-state index in [0.717, 1.165) is 5.56 Å². The van der Waals surface area contributed by atoms with Crippen molar-refractivity contribution < 1.29 is 14.7 Å². The van der Waals surface area contributed by atoms with Crippen molar-refractivity contribution in [3.05, 3.63) is 65.9 Å². The first-order valence-corrected chi connectivity index (χ1v) is 7.85. The molecule has 0 bridgehead atoms. The number of rotatable bonds is 6. The molecule has 1 aromatic heterocycles. The first kappa shape index (κ1) is 16.0. The standard InChI is InChI=1S/C18H19N3O3/c1-13(22)15-16(14-6-3-2-4-7-14)21(18(24)17(15)23)10-5-9-20-11-8-19-12-20/h2-4,6-8,11-12,16,23H,5,9-10H2,1H3/t16-/m0/s1. The molecule has 0 unspecified atom stereocenters. The second-order valence-electron chi connectivity index (χ2n) is 5.78. The average molecular weight is 325 g/mol. The third-order valence-electron chi connectivity index (χ3n) is 4.17. The van der Waals surface area contributed by atoms with E-state index in [4.69, 9.17) is 0 Å². The highest BCUT2D eigenvalue weighted by atomic mass is 16.3. The number of ketones is 1. The van der Waals surface area contributed by atoms with Crippen LogP contribution in [0.3, 0.4) is 0 Å². The lowest BCUT2D eigenvalue weighted by molar-refractivity contribution is -0.129. The predicted molar refractivity (Wildman–Crippen MR) is 88.1 cm³/mol. The van der Waals surface area contributed by atoms with Crippen LogP contribution in [-0.4, -0.2) is 37.8 Å². The molecule has 1 N–H and O–H groups in total. The highest BCUT2D eigenvalue weighted by Gasteiger charge is 2.41. The summed E-state index contributed by atoms with van der Waals surface area (Å²) in [6.07, 6.45) is 5.98. The minimum Gasteiger partial charge on any atom is -0.503 e. The zero-order valence-corrected chi connectivity index (χ0v) is 13.4. The van der Waals surface area contributed by atoms with E-state index in [2.05, 4.69) is 4.98 Å². The van der Waals surface area contributed by atoms with Gasteiger partial charge in [-0.1, -0.05) is 30.3 Å². The molecule has 2 aromatic rings. The molecule has 1 aliphatic heterocycles. The van der Waals surface area contributed by atoms with Gasteiger partial charge in [0.15, 0.2) is 11.5 Å². The first-order valence-electron chi connectivity index (χ1n) is 7.85. The summed E-state index contributed by atoms with van der Waals surface area (Å²) in [6, 6.07) is 8.79. The molecule has 0 fully saturated rings. The van der Waals surface area contributed by atoms with Gasteiger partial charge in [-0.15, -0.1) is 0 Å². The van der Waals surface area contributed by atoms with Crippen LogP contribution < -0.4 is 0 Å². The Hall–Kier alpha value is -2.89. The molecule has 1 amide bonds. The van der Waals surface area contributed by atoms with Gasteiger partial charge in [-0.25, -0.2) is 4.98 Å². The highest BCUT2D eigenvalue weighted by Crippen LogP contribution is 2.37. The SMILES string of the molecule is CC(=O)C1=C(O)C(=O)N(CCCn2ccnc2)[C@H]1c1ccccc1. The van der Waals surface area contributed by atoms with Gasteiger partial charge in [-0.2, -0.15) is 0 Å². The third-order valence-corrected chi connectivity index (χ3v) is 4.17. The van der Waals surface area contributed by atoms with Crippen LogP contribution in [0.5, 0.6) is 0 Å². The Morgan fingerprint density at radius 3 is 2.62 bits per heavy atom. The summed E-state index contributed by atoms with van der Waals surface area (Å²) >= 11 is 0. The fourth-order valence-corrected chi connectivity index (χ4v) is 3.07. The fraction of sp³-hybridized carbons (Fsp3) is 0.278. The molecule has 6 nitrogen and oxygen atoms in total. The van der Waals surface area contributed by atoms with Crippen LogP contribution in [0.4, 0.5) is 0 Å². The average Bonchev–Trinajstić information content (AvgIpc) is 3.17. The molecule has 1 atom stereocenters. The molecule has 6 heteroatoms. The van der Waals surface area contributed by atoms with Gasteiger partial charge >= 0.3 is 0 Å². The van der Waals surface area contributed by atoms with Crippen LogP contribution in [-0.2, 0) is 16.1 Å². The Kier molecular flexibility index (Phi) is 4.46. The van der Waals surface area contributed by atoms with Gasteiger partial charge in [0.05, 0.1) is 17.9 Å². The molecule has 3 rings (SSSR count). The Balaban J connectivity index is 1.83. The summed E-state index contributed by atoms with van der Waals surface area (Å²) in [7, 11) is 0. The second-order valence-corrected chi connectivity index (χ2v) is 5.78. The number of Topliss-reactive ketones (excluding diaryl/α,β-unsaturated/α-hetero) is 1. The Labute approximate surface area is 140 Å². The largest absolute Gasteiger partial charge is 0.503 e. The number of amides is 1. The lowest BCUT2D eigenvalue weighted by Crippen LogP contribution is -2.32. The van der Waals surface area contributed by atoms with E-state index >= 15 is 0 Å². The van der Waals surface area contributed by atoms with Gasteiger partial charge in [0, 0.05) is 25.5 Å². The van der Waals surface area contributed by atoms with Gasteiger partial charge in [0.25, 0.3) is 5.91 Å². The summed E-state index contributed by atoms with van der Waals surface area (Å²) in [5.74, 6) is -1.20. The number of aliphatic hydroxyl groups excluding tert-OH is 1. The first-order chi connectivity index (χ1) is 11.6. The van der Waals surface area contributed by atoms with E-state index in [0.29, 0.717) is 19.5 Å². The molecule has 1 aromatic carbocycles. The Morgan fingerprint density at radius 2 is 2.00 bits per heavy atom. The number of aliphatic hydroxyl groups is 1. The van der Waals surface area contributed by atoms with Crippen LogP contribution in [0.25, 0.3) is 0 Å². The van der Waals surface area contributed by atoms with Crippen molar-refractivity contribution in [3.63, 3.8) is 0 Å². The molecule has 2 heterocycles. The molecular formula is C18H19N3O3. The molecular weight excluding hydrogens is 306 g/mol. The Bertz CT molecular complexity index is 766. The number of imidazole rings is 1. The minimum atomic E-state index is -0.529. The number of hydrogen-bond acceptors (Lipinski definition) is 4. The molecule has 1 aliphatic rings. The monoisotopic (exact) mass is 325 g/mol. The Morgan fingerprint density at radius 1 is 1.25 bits per heavy atom. The molecule has 24 heavy (non-hydrogen) atoms. The number of aromatic nitrogens is 2. The molecule has 0 saturated carbocycles. The van der Waals surface area contributed by atoms with Crippen LogP contribution in [0, 0.1) is 0 Å². The van der Waals surface area contributed by atoms with Crippen molar-refractivity contribution in [2.75, 3.05) is 6.54 Å².